The summed E-state index contributed by atoms with van der Waals surface area (Å²) in [6, 6.07) is 7.88. The van der Waals surface area contributed by atoms with Gasteiger partial charge in [-0.05, 0) is 32.0 Å². The average molecular weight is 276 g/mol. The molecule has 2 aromatic rings. The van der Waals surface area contributed by atoms with Gasteiger partial charge in [-0.2, -0.15) is 0 Å². The lowest BCUT2D eigenvalue weighted by molar-refractivity contribution is -0.118. The minimum Gasteiger partial charge on any atom is -0.493 e. The van der Waals surface area contributed by atoms with E-state index in [1.807, 2.05) is 31.2 Å². The molecule has 1 unspecified atom stereocenters. The first-order valence-electron chi connectivity index (χ1n) is 6.70. The Morgan fingerprint density at radius 2 is 2.30 bits per heavy atom. The molecule has 0 bridgehead atoms. The van der Waals surface area contributed by atoms with Gasteiger partial charge in [-0.15, -0.1) is 0 Å². The van der Waals surface area contributed by atoms with Crippen molar-refractivity contribution in [2.75, 3.05) is 13.7 Å². The summed E-state index contributed by atoms with van der Waals surface area (Å²) in [5.74, 6) is 1.31. The minimum atomic E-state index is -0.270. The van der Waals surface area contributed by atoms with Gasteiger partial charge in [0.15, 0.2) is 11.3 Å². The van der Waals surface area contributed by atoms with Gasteiger partial charge >= 0.3 is 0 Å². The number of primary amides is 1. The first-order valence-corrected chi connectivity index (χ1v) is 6.70. The molecular weight excluding hydrogens is 256 g/mol. The molecule has 108 valence electrons. The fourth-order valence-electron chi connectivity index (χ4n) is 2.11. The van der Waals surface area contributed by atoms with Crippen molar-refractivity contribution < 1.29 is 13.9 Å². The quantitative estimate of drug-likeness (QED) is 0.761. The number of ether oxygens (including phenoxy) is 1. The number of hydrogen-bond donors (Lipinski definition) is 2. The summed E-state index contributed by atoms with van der Waals surface area (Å²) in [7, 11) is 1.63. The Bertz CT molecular complexity index is 592. The molecule has 1 aromatic carbocycles. The second-order valence-electron chi connectivity index (χ2n) is 4.77. The van der Waals surface area contributed by atoms with E-state index in [4.69, 9.17) is 14.9 Å². The highest BCUT2D eigenvalue weighted by molar-refractivity contribution is 5.83. The summed E-state index contributed by atoms with van der Waals surface area (Å²) in [4.78, 5) is 10.7. The molecule has 1 aromatic heterocycles. The largest absolute Gasteiger partial charge is 0.493 e. The van der Waals surface area contributed by atoms with Crippen LogP contribution in [0.25, 0.3) is 11.0 Å². The van der Waals surface area contributed by atoms with Gasteiger partial charge in [-0.3, -0.25) is 4.79 Å². The highest BCUT2D eigenvalue weighted by Gasteiger charge is 2.13. The first kappa shape index (κ1) is 14.4. The zero-order valence-corrected chi connectivity index (χ0v) is 11.8. The van der Waals surface area contributed by atoms with Crippen LogP contribution in [0, 0.1) is 0 Å². The van der Waals surface area contributed by atoms with Crippen molar-refractivity contribution in [2.24, 2.45) is 5.73 Å². The van der Waals surface area contributed by atoms with Crippen molar-refractivity contribution in [1.82, 2.24) is 5.32 Å². The van der Waals surface area contributed by atoms with E-state index in [-0.39, 0.29) is 11.9 Å². The second kappa shape index (κ2) is 6.43. The molecule has 1 heterocycles. The Balaban J connectivity index is 2.03. The molecule has 20 heavy (non-hydrogen) atoms. The third-order valence-corrected chi connectivity index (χ3v) is 3.22. The van der Waals surface area contributed by atoms with Crippen LogP contribution in [0.2, 0.25) is 0 Å². The van der Waals surface area contributed by atoms with E-state index in [1.54, 1.807) is 7.11 Å². The fraction of sp³-hybridized carbons (Fsp3) is 0.400. The van der Waals surface area contributed by atoms with Gasteiger partial charge in [-0.1, -0.05) is 12.1 Å². The number of methoxy groups -OCH3 is 1. The average Bonchev–Trinajstić information content (AvgIpc) is 2.87. The summed E-state index contributed by atoms with van der Waals surface area (Å²) < 4.78 is 11.1. The molecule has 0 spiro atoms. The molecule has 0 fully saturated rings. The van der Waals surface area contributed by atoms with Gasteiger partial charge in [0.2, 0.25) is 5.91 Å². The molecule has 0 aliphatic heterocycles. The lowest BCUT2D eigenvalue weighted by atomic mass is 10.2. The third-order valence-electron chi connectivity index (χ3n) is 3.22. The Hall–Kier alpha value is -2.01. The van der Waals surface area contributed by atoms with Crippen molar-refractivity contribution in [1.29, 1.82) is 0 Å². The Morgan fingerprint density at radius 1 is 1.50 bits per heavy atom. The minimum absolute atomic E-state index is 0.0694. The number of hydrogen-bond acceptors (Lipinski definition) is 4. The number of benzene rings is 1. The van der Waals surface area contributed by atoms with Crippen LogP contribution in [0.15, 0.2) is 28.7 Å². The zero-order valence-electron chi connectivity index (χ0n) is 11.8. The molecule has 0 aliphatic carbocycles. The van der Waals surface area contributed by atoms with Crippen LogP contribution in [0.1, 0.15) is 31.6 Å². The zero-order chi connectivity index (χ0) is 14.5. The Morgan fingerprint density at radius 3 is 3.00 bits per heavy atom. The van der Waals surface area contributed by atoms with Crippen molar-refractivity contribution >= 4 is 16.9 Å². The van der Waals surface area contributed by atoms with E-state index >= 15 is 0 Å². The molecule has 3 N–H and O–H groups in total. The molecule has 1 amide bonds. The molecule has 2 rings (SSSR count). The van der Waals surface area contributed by atoms with E-state index < -0.39 is 0 Å². The number of nitrogens with one attached hydrogen (secondary N) is 1. The van der Waals surface area contributed by atoms with E-state index in [1.165, 1.54) is 0 Å². The van der Waals surface area contributed by atoms with Crippen molar-refractivity contribution in [3.05, 3.63) is 30.0 Å². The predicted octanol–water partition coefficient (Wildman–Crippen LogP) is 2.36. The topological polar surface area (TPSA) is 77.5 Å². The maximum absolute atomic E-state index is 10.7. The number of nitrogens with two attached hydrogens (primary N) is 1. The van der Waals surface area contributed by atoms with Crippen LogP contribution in [-0.2, 0) is 4.79 Å². The molecule has 0 aliphatic rings. The van der Waals surface area contributed by atoms with Crippen LogP contribution < -0.4 is 15.8 Å². The van der Waals surface area contributed by atoms with Crippen LogP contribution in [-0.4, -0.2) is 19.6 Å². The van der Waals surface area contributed by atoms with E-state index in [0.717, 1.165) is 35.4 Å². The number of fused-ring (bicyclic) bond motifs is 1. The normalized spacial score (nSPS) is 12.5. The number of carbonyl (C=O) groups is 1. The smallest absolute Gasteiger partial charge is 0.217 e. The maximum atomic E-state index is 10.7. The highest BCUT2D eigenvalue weighted by atomic mass is 16.5. The van der Waals surface area contributed by atoms with Crippen molar-refractivity contribution in [3.63, 3.8) is 0 Å². The number of para-hydroxylation sites is 1. The van der Waals surface area contributed by atoms with E-state index in [2.05, 4.69) is 5.32 Å². The number of amides is 1. The molecule has 0 saturated heterocycles. The van der Waals surface area contributed by atoms with Crippen LogP contribution in [0.4, 0.5) is 0 Å². The Labute approximate surface area is 118 Å². The second-order valence-corrected chi connectivity index (χ2v) is 4.77. The highest BCUT2D eigenvalue weighted by Crippen LogP contribution is 2.30. The Kier molecular flexibility index (Phi) is 4.63. The van der Waals surface area contributed by atoms with Gasteiger partial charge in [0, 0.05) is 11.8 Å². The summed E-state index contributed by atoms with van der Waals surface area (Å²) in [6.45, 7) is 2.74. The van der Waals surface area contributed by atoms with Gasteiger partial charge in [0.1, 0.15) is 5.76 Å². The molecular formula is C15H20N2O3. The molecule has 1 atom stereocenters. The van der Waals surface area contributed by atoms with Gasteiger partial charge < -0.3 is 20.2 Å². The number of rotatable bonds is 7. The van der Waals surface area contributed by atoms with Crippen LogP contribution in [0.5, 0.6) is 5.75 Å². The molecule has 0 radical (unpaired) electrons. The first-order chi connectivity index (χ1) is 9.61. The van der Waals surface area contributed by atoms with Gasteiger partial charge in [0.25, 0.3) is 0 Å². The lowest BCUT2D eigenvalue weighted by Gasteiger charge is -2.10. The van der Waals surface area contributed by atoms with Gasteiger partial charge in [0.05, 0.1) is 13.2 Å². The maximum Gasteiger partial charge on any atom is 0.217 e. The summed E-state index contributed by atoms with van der Waals surface area (Å²) >= 11 is 0. The van der Waals surface area contributed by atoms with Crippen molar-refractivity contribution in [2.45, 2.75) is 25.8 Å². The lowest BCUT2D eigenvalue weighted by Crippen LogP contribution is -2.21. The van der Waals surface area contributed by atoms with Crippen molar-refractivity contribution in [3.8, 4) is 5.75 Å². The standard InChI is InChI=1S/C15H20N2O3/c1-10(17-8-4-7-14(16)18)13-9-11-5-3-6-12(19-2)15(11)20-13/h3,5-6,9-10,17H,4,7-8H2,1-2H3,(H2,16,18). The van der Waals surface area contributed by atoms with Gasteiger partial charge in [-0.25, -0.2) is 0 Å². The fourth-order valence-corrected chi connectivity index (χ4v) is 2.11. The number of furan rings is 1. The monoisotopic (exact) mass is 276 g/mol. The van der Waals surface area contributed by atoms with E-state index in [9.17, 15) is 4.79 Å². The SMILES string of the molecule is COc1cccc2cc(C(C)NCCCC(N)=O)oc12. The number of carbonyl (C=O) groups excluding carboxylic acids is 1. The van der Waals surface area contributed by atoms with E-state index in [0.29, 0.717) is 6.42 Å². The predicted molar refractivity (Wildman–Crippen MR) is 77.6 cm³/mol. The molecule has 5 nitrogen and oxygen atoms in total. The third kappa shape index (κ3) is 3.30. The summed E-state index contributed by atoms with van der Waals surface area (Å²) in [5, 5.41) is 4.33. The summed E-state index contributed by atoms with van der Waals surface area (Å²) in [6.07, 6.45) is 1.12. The molecule has 0 saturated carbocycles. The summed E-state index contributed by atoms with van der Waals surface area (Å²) in [5.41, 5.74) is 5.86. The van der Waals surface area contributed by atoms with Crippen LogP contribution >= 0.6 is 0 Å². The van der Waals surface area contributed by atoms with Crippen LogP contribution in [0.3, 0.4) is 0 Å². The molecule has 5 heteroatoms.